The van der Waals surface area contributed by atoms with Crippen LogP contribution >= 0.6 is 0 Å². The summed E-state index contributed by atoms with van der Waals surface area (Å²) in [5.41, 5.74) is -0.491. The van der Waals surface area contributed by atoms with Gasteiger partial charge in [-0.3, -0.25) is 0 Å². The van der Waals surface area contributed by atoms with Gasteiger partial charge < -0.3 is 4.42 Å². The normalized spacial score (nSPS) is 12.7. The summed E-state index contributed by atoms with van der Waals surface area (Å²) >= 11 is 0. The molecule has 0 spiro atoms. The Kier molecular flexibility index (Phi) is 7.22. The Balaban J connectivity index is 1.73. The van der Waals surface area contributed by atoms with E-state index in [-0.39, 0.29) is 28.8 Å². The van der Waals surface area contributed by atoms with Crippen molar-refractivity contribution >= 4 is 19.9 Å². The van der Waals surface area contributed by atoms with Gasteiger partial charge in [0, 0.05) is 18.4 Å². The number of hydrogen-bond acceptors (Lipinski definition) is 7. The first-order valence-corrected chi connectivity index (χ1v) is 14.0. The summed E-state index contributed by atoms with van der Waals surface area (Å²) in [5, 5.41) is 7.72. The number of sulfone groups is 1. The maximum absolute atomic E-state index is 13.6. The van der Waals surface area contributed by atoms with Gasteiger partial charge in [-0.1, -0.05) is 48.5 Å². The van der Waals surface area contributed by atoms with E-state index in [1.54, 1.807) is 30.3 Å². The molecule has 1 aromatic heterocycles. The molecule has 37 heavy (non-hydrogen) atoms. The minimum atomic E-state index is -4.90. The Morgan fingerprint density at radius 1 is 0.838 bits per heavy atom. The Morgan fingerprint density at radius 3 is 2.19 bits per heavy atom. The van der Waals surface area contributed by atoms with E-state index < -0.39 is 43.0 Å². The molecule has 0 atom stereocenters. The lowest BCUT2D eigenvalue weighted by molar-refractivity contribution is -0.139. The smallest absolute Gasteiger partial charge is 0.417 e. The van der Waals surface area contributed by atoms with Crippen LogP contribution in [0.3, 0.4) is 0 Å². The van der Waals surface area contributed by atoms with Gasteiger partial charge in [-0.2, -0.15) is 17.5 Å². The number of alkyl halides is 3. The molecular formula is C24H20F3N3O5S2. The van der Waals surface area contributed by atoms with Gasteiger partial charge in [0.05, 0.1) is 21.9 Å². The van der Waals surface area contributed by atoms with E-state index >= 15 is 0 Å². The highest BCUT2D eigenvalue weighted by molar-refractivity contribution is 7.90. The highest BCUT2D eigenvalue weighted by Crippen LogP contribution is 2.36. The lowest BCUT2D eigenvalue weighted by Gasteiger charge is -2.23. The lowest BCUT2D eigenvalue weighted by Crippen LogP contribution is -2.32. The van der Waals surface area contributed by atoms with Crippen LogP contribution in [0.1, 0.15) is 17.0 Å². The van der Waals surface area contributed by atoms with Gasteiger partial charge in [0.1, 0.15) is 0 Å². The first kappa shape index (κ1) is 26.5. The third kappa shape index (κ3) is 6.06. The zero-order valence-corrected chi connectivity index (χ0v) is 20.9. The zero-order chi connectivity index (χ0) is 26.8. The van der Waals surface area contributed by atoms with Crippen LogP contribution in [0.5, 0.6) is 0 Å². The number of aromatic nitrogens is 2. The van der Waals surface area contributed by atoms with Gasteiger partial charge in [-0.15, -0.1) is 10.2 Å². The summed E-state index contributed by atoms with van der Waals surface area (Å²) in [4.78, 5) is -0.888. The second-order valence-corrected chi connectivity index (χ2v) is 12.0. The summed E-state index contributed by atoms with van der Waals surface area (Å²) in [6.07, 6.45) is -3.86. The van der Waals surface area contributed by atoms with Crippen LogP contribution in [-0.4, -0.2) is 37.6 Å². The van der Waals surface area contributed by atoms with Crippen molar-refractivity contribution in [2.45, 2.75) is 29.1 Å². The van der Waals surface area contributed by atoms with Crippen molar-refractivity contribution < 1.29 is 34.4 Å². The number of sulfonamides is 1. The van der Waals surface area contributed by atoms with E-state index in [1.807, 2.05) is 0 Å². The van der Waals surface area contributed by atoms with Crippen molar-refractivity contribution in [2.24, 2.45) is 0 Å². The SMILES string of the molecule is CS(=O)(=O)c1cccc(-c2nnc(CN(Cc3ccccc3)S(=O)(=O)c3ccccc3C(F)(F)F)o2)c1. The van der Waals surface area contributed by atoms with Crippen LogP contribution in [0.15, 0.2) is 93.1 Å². The first-order valence-electron chi connectivity index (χ1n) is 10.7. The van der Waals surface area contributed by atoms with Gasteiger partial charge in [0.2, 0.25) is 21.8 Å². The summed E-state index contributed by atoms with van der Waals surface area (Å²) in [5.74, 6) is -0.267. The molecule has 0 aliphatic heterocycles. The maximum atomic E-state index is 13.6. The molecule has 0 saturated carbocycles. The van der Waals surface area contributed by atoms with Crippen LogP contribution in [0.2, 0.25) is 0 Å². The molecule has 0 unspecified atom stereocenters. The van der Waals surface area contributed by atoms with Crippen molar-refractivity contribution in [1.29, 1.82) is 0 Å². The second kappa shape index (κ2) is 10.1. The van der Waals surface area contributed by atoms with E-state index in [1.165, 1.54) is 30.3 Å². The molecule has 0 saturated heterocycles. The van der Waals surface area contributed by atoms with E-state index in [9.17, 15) is 30.0 Å². The predicted octanol–water partition coefficient (Wildman–Crippen LogP) is 4.55. The molecule has 1 heterocycles. The average Bonchev–Trinajstić information content (AvgIpc) is 3.32. The fourth-order valence-corrected chi connectivity index (χ4v) is 5.78. The summed E-state index contributed by atoms with van der Waals surface area (Å²) < 4.78 is 98.1. The topological polar surface area (TPSA) is 110 Å². The molecule has 0 aliphatic rings. The quantitative estimate of drug-likeness (QED) is 0.316. The van der Waals surface area contributed by atoms with Crippen molar-refractivity contribution in [3.63, 3.8) is 0 Å². The Morgan fingerprint density at radius 2 is 1.51 bits per heavy atom. The molecule has 0 bridgehead atoms. The fourth-order valence-electron chi connectivity index (χ4n) is 3.52. The molecule has 194 valence electrons. The van der Waals surface area contributed by atoms with Crippen molar-refractivity contribution in [2.75, 3.05) is 6.26 Å². The maximum Gasteiger partial charge on any atom is 0.417 e. The molecule has 0 amide bonds. The van der Waals surface area contributed by atoms with Gasteiger partial charge in [-0.25, -0.2) is 16.8 Å². The Hall–Kier alpha value is -3.55. The molecular weight excluding hydrogens is 531 g/mol. The largest absolute Gasteiger partial charge is 0.419 e. The third-order valence-electron chi connectivity index (χ3n) is 5.30. The van der Waals surface area contributed by atoms with Crippen LogP contribution in [0.4, 0.5) is 13.2 Å². The molecule has 4 aromatic rings. The number of hydrogen-bond donors (Lipinski definition) is 0. The molecule has 13 heteroatoms. The van der Waals surface area contributed by atoms with Crippen LogP contribution in [-0.2, 0) is 39.1 Å². The lowest BCUT2D eigenvalue weighted by atomic mass is 10.2. The molecule has 0 radical (unpaired) electrons. The Labute approximate surface area is 211 Å². The van der Waals surface area contributed by atoms with Gasteiger partial charge in [0.25, 0.3) is 0 Å². The van der Waals surface area contributed by atoms with Crippen LogP contribution in [0, 0.1) is 0 Å². The van der Waals surface area contributed by atoms with Crippen molar-refractivity contribution in [3.8, 4) is 11.5 Å². The molecule has 4 rings (SSSR count). The molecule has 0 aliphatic carbocycles. The number of rotatable bonds is 8. The summed E-state index contributed by atoms with van der Waals surface area (Å²) in [7, 11) is -8.20. The van der Waals surface area contributed by atoms with Crippen LogP contribution in [0.25, 0.3) is 11.5 Å². The predicted molar refractivity (Wildman–Crippen MR) is 127 cm³/mol. The van der Waals surface area contributed by atoms with Crippen molar-refractivity contribution in [3.05, 3.63) is 95.9 Å². The van der Waals surface area contributed by atoms with Crippen molar-refractivity contribution in [1.82, 2.24) is 14.5 Å². The number of nitrogens with zero attached hydrogens (tertiary/aromatic N) is 3. The average molecular weight is 552 g/mol. The highest BCUT2D eigenvalue weighted by atomic mass is 32.2. The van der Waals surface area contributed by atoms with Gasteiger partial charge in [-0.05, 0) is 35.9 Å². The van der Waals surface area contributed by atoms with E-state index in [0.717, 1.165) is 22.7 Å². The molecule has 8 nitrogen and oxygen atoms in total. The fraction of sp³-hybridized carbons (Fsp3) is 0.167. The number of benzene rings is 3. The standard InChI is InChI=1S/C24H20F3N3O5S2/c1-36(31,32)19-11-7-10-18(14-19)23-29-28-22(35-23)16-30(15-17-8-3-2-4-9-17)37(33,34)21-13-6-5-12-20(21)24(25,26)27/h2-14H,15-16H2,1H3. The van der Waals surface area contributed by atoms with Gasteiger partial charge >= 0.3 is 6.18 Å². The second-order valence-electron chi connectivity index (χ2n) is 8.05. The van der Waals surface area contributed by atoms with E-state index in [4.69, 9.17) is 4.42 Å². The minimum Gasteiger partial charge on any atom is -0.419 e. The molecule has 0 N–H and O–H groups in total. The molecule has 0 fully saturated rings. The minimum absolute atomic E-state index is 0.0155. The molecule has 3 aromatic carbocycles. The highest BCUT2D eigenvalue weighted by Gasteiger charge is 2.39. The summed E-state index contributed by atoms with van der Waals surface area (Å²) in [6.45, 7) is -0.793. The first-order chi connectivity index (χ1) is 17.4. The third-order valence-corrected chi connectivity index (χ3v) is 8.26. The van der Waals surface area contributed by atoms with E-state index in [2.05, 4.69) is 10.2 Å². The Bertz CT molecular complexity index is 1620. The monoisotopic (exact) mass is 551 g/mol. The summed E-state index contributed by atoms with van der Waals surface area (Å²) in [6, 6.07) is 18.0. The van der Waals surface area contributed by atoms with Crippen LogP contribution < -0.4 is 0 Å². The van der Waals surface area contributed by atoms with E-state index in [0.29, 0.717) is 11.6 Å². The number of halogens is 3. The zero-order valence-electron chi connectivity index (χ0n) is 19.3. The van der Waals surface area contributed by atoms with Gasteiger partial charge in [0.15, 0.2) is 9.84 Å².